The number of aromatic nitrogens is 2. The summed E-state index contributed by atoms with van der Waals surface area (Å²) < 4.78 is 7.21. The molecular weight excluding hydrogens is 280 g/mol. The van der Waals surface area contributed by atoms with Crippen LogP contribution < -0.4 is 0 Å². The second-order valence-corrected chi connectivity index (χ2v) is 5.10. The smallest absolute Gasteiger partial charge is 0.271 e. The van der Waals surface area contributed by atoms with E-state index >= 15 is 0 Å². The lowest BCUT2D eigenvalue weighted by molar-refractivity contribution is -0.122. The Morgan fingerprint density at radius 3 is 3.00 bits per heavy atom. The molecule has 0 aliphatic rings. The fourth-order valence-corrected chi connectivity index (χ4v) is 2.07. The fourth-order valence-electron chi connectivity index (χ4n) is 2.07. The molecule has 0 fully saturated rings. The molecule has 6 nitrogen and oxygen atoms in total. The van der Waals surface area contributed by atoms with Gasteiger partial charge in [0, 0.05) is 32.5 Å². The second-order valence-electron chi connectivity index (χ2n) is 5.10. The van der Waals surface area contributed by atoms with Crippen molar-refractivity contribution in [3.05, 3.63) is 49.0 Å². The zero-order valence-corrected chi connectivity index (χ0v) is 12.8. The maximum absolute atomic E-state index is 12.1. The average molecular weight is 300 g/mol. The molecule has 2 aromatic rings. The van der Waals surface area contributed by atoms with Gasteiger partial charge >= 0.3 is 0 Å². The summed E-state index contributed by atoms with van der Waals surface area (Å²) >= 11 is 0. The second kappa shape index (κ2) is 7.40. The predicted octanol–water partition coefficient (Wildman–Crippen LogP) is 2.45. The molecule has 0 unspecified atom stereocenters. The molecular formula is C16H20N4O2. The molecule has 6 heteroatoms. The molecule has 0 atom stereocenters. The van der Waals surface area contributed by atoms with Crippen molar-refractivity contribution in [2.45, 2.75) is 19.9 Å². The molecule has 116 valence electrons. The summed E-state index contributed by atoms with van der Waals surface area (Å²) in [6.45, 7) is 3.21. The van der Waals surface area contributed by atoms with Crippen LogP contribution in [-0.2, 0) is 11.3 Å². The molecule has 0 saturated heterocycles. The Labute approximate surface area is 129 Å². The predicted molar refractivity (Wildman–Crippen MR) is 84.6 cm³/mol. The van der Waals surface area contributed by atoms with Crippen molar-refractivity contribution in [2.75, 3.05) is 13.6 Å². The first-order valence-electron chi connectivity index (χ1n) is 7.10. The van der Waals surface area contributed by atoms with Crippen molar-refractivity contribution < 1.29 is 9.21 Å². The Balaban J connectivity index is 1.84. The summed E-state index contributed by atoms with van der Waals surface area (Å²) in [6.07, 6.45) is 9.28. The normalized spacial score (nSPS) is 11.5. The molecule has 0 saturated carbocycles. The van der Waals surface area contributed by atoms with E-state index in [2.05, 4.69) is 4.98 Å². The Morgan fingerprint density at radius 1 is 1.55 bits per heavy atom. The van der Waals surface area contributed by atoms with Crippen LogP contribution in [0.2, 0.25) is 0 Å². The number of nitrogens with zero attached hydrogens (tertiary/aromatic N) is 3. The van der Waals surface area contributed by atoms with Crippen LogP contribution >= 0.6 is 0 Å². The van der Waals surface area contributed by atoms with Crippen molar-refractivity contribution in [1.29, 1.82) is 5.41 Å². The van der Waals surface area contributed by atoms with Crippen LogP contribution in [0.4, 0.5) is 0 Å². The number of imidazole rings is 1. The molecule has 1 N–H and O–H groups in total. The number of hydrogen-bond donors (Lipinski definition) is 1. The lowest BCUT2D eigenvalue weighted by Gasteiger charge is -2.16. The molecule has 22 heavy (non-hydrogen) atoms. The molecule has 2 aromatic heterocycles. The van der Waals surface area contributed by atoms with Gasteiger partial charge in [-0.3, -0.25) is 10.2 Å². The van der Waals surface area contributed by atoms with Gasteiger partial charge in [0.05, 0.1) is 12.6 Å². The average Bonchev–Trinajstić information content (AvgIpc) is 3.19. The quantitative estimate of drug-likeness (QED) is 0.798. The third-order valence-corrected chi connectivity index (χ3v) is 3.32. The molecule has 2 heterocycles. The molecule has 0 bridgehead atoms. The summed E-state index contributed by atoms with van der Waals surface area (Å²) in [5.74, 6) is 0.372. The van der Waals surface area contributed by atoms with Gasteiger partial charge < -0.3 is 13.9 Å². The zero-order valence-electron chi connectivity index (χ0n) is 12.8. The summed E-state index contributed by atoms with van der Waals surface area (Å²) in [5, 5.41) is 7.91. The van der Waals surface area contributed by atoms with Gasteiger partial charge in [-0.2, -0.15) is 0 Å². The molecule has 2 rings (SSSR count). The maximum Gasteiger partial charge on any atom is 0.271 e. The monoisotopic (exact) mass is 300 g/mol. The van der Waals surface area contributed by atoms with Crippen molar-refractivity contribution >= 4 is 17.2 Å². The van der Waals surface area contributed by atoms with Gasteiger partial charge in [-0.05, 0) is 37.1 Å². The van der Waals surface area contributed by atoms with Crippen molar-refractivity contribution in [2.24, 2.45) is 0 Å². The summed E-state index contributed by atoms with van der Waals surface area (Å²) in [7, 11) is 1.71. The summed E-state index contributed by atoms with van der Waals surface area (Å²) in [6, 6.07) is 3.58. The minimum absolute atomic E-state index is 0.0426. The first-order chi connectivity index (χ1) is 10.6. The van der Waals surface area contributed by atoms with Gasteiger partial charge in [0.25, 0.3) is 5.91 Å². The summed E-state index contributed by atoms with van der Waals surface area (Å²) in [4.78, 5) is 17.7. The van der Waals surface area contributed by atoms with E-state index in [1.54, 1.807) is 42.9 Å². The minimum Gasteiger partial charge on any atom is -0.465 e. The third-order valence-electron chi connectivity index (χ3n) is 3.32. The number of rotatable bonds is 7. The number of amides is 1. The van der Waals surface area contributed by atoms with Crippen LogP contribution in [0.5, 0.6) is 0 Å². The number of furan rings is 1. The van der Waals surface area contributed by atoms with Crippen molar-refractivity contribution in [3.8, 4) is 0 Å². The lowest BCUT2D eigenvalue weighted by atomic mass is 10.1. The Morgan fingerprint density at radius 2 is 2.36 bits per heavy atom. The van der Waals surface area contributed by atoms with Crippen molar-refractivity contribution in [3.63, 3.8) is 0 Å². The highest BCUT2D eigenvalue weighted by atomic mass is 16.3. The number of hydrogen-bond acceptors (Lipinski definition) is 4. The van der Waals surface area contributed by atoms with E-state index in [4.69, 9.17) is 9.83 Å². The van der Waals surface area contributed by atoms with E-state index in [-0.39, 0.29) is 11.6 Å². The van der Waals surface area contributed by atoms with Crippen LogP contribution in [-0.4, -0.2) is 39.7 Å². The molecule has 0 spiro atoms. The topological polar surface area (TPSA) is 75.1 Å². The Hall–Kier alpha value is -2.63. The highest BCUT2D eigenvalue weighted by molar-refractivity contribution is 6.42. The Kier molecular flexibility index (Phi) is 5.30. The third kappa shape index (κ3) is 4.18. The lowest BCUT2D eigenvalue weighted by Crippen LogP contribution is -2.33. The van der Waals surface area contributed by atoms with Gasteiger partial charge in [0.1, 0.15) is 11.5 Å². The van der Waals surface area contributed by atoms with E-state index in [1.165, 1.54) is 6.08 Å². The zero-order chi connectivity index (χ0) is 15.9. The van der Waals surface area contributed by atoms with Gasteiger partial charge in [0.2, 0.25) is 0 Å². The van der Waals surface area contributed by atoms with E-state index < -0.39 is 0 Å². The van der Waals surface area contributed by atoms with Crippen LogP contribution in [0.3, 0.4) is 0 Å². The van der Waals surface area contributed by atoms with Crippen LogP contribution in [0.15, 0.2) is 47.6 Å². The molecule has 0 aliphatic carbocycles. The molecule has 1 amide bonds. The highest BCUT2D eigenvalue weighted by Gasteiger charge is 2.13. The number of aryl methyl sites for hydroxylation is 1. The number of carbonyl (C=O) groups excluding carboxylic acids is 1. The fraction of sp³-hybridized carbons (Fsp3) is 0.312. The molecule has 0 aliphatic heterocycles. The highest BCUT2D eigenvalue weighted by Crippen LogP contribution is 2.13. The Bertz CT molecular complexity index is 642. The van der Waals surface area contributed by atoms with E-state index in [0.717, 1.165) is 18.5 Å². The van der Waals surface area contributed by atoms with Gasteiger partial charge in [-0.1, -0.05) is 0 Å². The van der Waals surface area contributed by atoms with E-state index in [0.29, 0.717) is 12.3 Å². The van der Waals surface area contributed by atoms with Gasteiger partial charge in [0.15, 0.2) is 0 Å². The van der Waals surface area contributed by atoms with Crippen LogP contribution in [0.1, 0.15) is 19.1 Å². The maximum atomic E-state index is 12.1. The number of nitrogens with one attached hydrogen (secondary N) is 1. The standard InChI is InChI=1S/C16H20N4O2/c1-13(15-5-3-10-22-15)11-14(17)16(21)19(2)7-4-8-20-9-6-18-12-20/h3,5-6,9-12,17H,4,7-8H2,1-2H3/b13-11+,17-14?. The van der Waals surface area contributed by atoms with Crippen molar-refractivity contribution in [1.82, 2.24) is 14.5 Å². The molecule has 0 aromatic carbocycles. The van der Waals surface area contributed by atoms with Crippen LogP contribution in [0, 0.1) is 5.41 Å². The van der Waals surface area contributed by atoms with Crippen LogP contribution in [0.25, 0.3) is 5.57 Å². The minimum atomic E-state index is -0.295. The molecule has 0 radical (unpaired) electrons. The number of carbonyl (C=O) groups is 1. The van der Waals surface area contributed by atoms with E-state index in [1.807, 2.05) is 17.7 Å². The van der Waals surface area contributed by atoms with E-state index in [9.17, 15) is 4.79 Å². The van der Waals surface area contributed by atoms with Gasteiger partial charge in [-0.15, -0.1) is 0 Å². The summed E-state index contributed by atoms with van der Waals surface area (Å²) in [5.41, 5.74) is 0.717. The first-order valence-corrected chi connectivity index (χ1v) is 7.10. The SMILES string of the molecule is C/C(=C\C(=N)C(=O)N(C)CCCn1ccnc1)c1ccco1. The first kappa shape index (κ1) is 15.8. The largest absolute Gasteiger partial charge is 0.465 e. The van der Waals surface area contributed by atoms with Gasteiger partial charge in [-0.25, -0.2) is 4.98 Å². The number of allylic oxidation sites excluding steroid dienone is 1.